The molecule has 0 saturated carbocycles. The van der Waals surface area contributed by atoms with E-state index in [0.717, 1.165) is 51.0 Å². The van der Waals surface area contributed by atoms with Crippen molar-refractivity contribution < 1.29 is 9.59 Å². The first-order valence-electron chi connectivity index (χ1n) is 11.3. The Morgan fingerprint density at radius 3 is 2.73 bits per heavy atom. The number of primary amides is 1. The Morgan fingerprint density at radius 1 is 1.21 bits per heavy atom. The quantitative estimate of drug-likeness (QED) is 0.496. The fourth-order valence-corrected chi connectivity index (χ4v) is 4.22. The molecule has 1 unspecified atom stereocenters. The summed E-state index contributed by atoms with van der Waals surface area (Å²) in [4.78, 5) is 36.6. The van der Waals surface area contributed by atoms with E-state index in [2.05, 4.69) is 35.9 Å². The molecule has 4 heterocycles. The molecule has 33 heavy (non-hydrogen) atoms. The van der Waals surface area contributed by atoms with Gasteiger partial charge in [0.25, 0.3) is 5.91 Å². The number of nitrogens with two attached hydrogens (primary N) is 1. The number of anilines is 3. The normalized spacial score (nSPS) is 19.2. The van der Waals surface area contributed by atoms with Gasteiger partial charge in [-0.05, 0) is 38.8 Å². The number of amides is 3. The molecule has 2 aliphatic rings. The average Bonchev–Trinajstić information content (AvgIpc) is 3.28. The third kappa shape index (κ3) is 5.51. The van der Waals surface area contributed by atoms with Gasteiger partial charge in [-0.1, -0.05) is 0 Å². The molecule has 0 bridgehead atoms. The molecule has 2 aromatic heterocycles. The van der Waals surface area contributed by atoms with Crippen molar-refractivity contribution in [3.8, 4) is 0 Å². The summed E-state index contributed by atoms with van der Waals surface area (Å²) in [5, 5.41) is 14.0. The third-order valence-corrected chi connectivity index (χ3v) is 6.02. The number of carbonyl (C=O) groups excluding carboxylic acids is 2. The molecule has 12 heteroatoms. The van der Waals surface area contributed by atoms with Crippen LogP contribution < -0.4 is 26.6 Å². The van der Waals surface area contributed by atoms with E-state index in [1.165, 1.54) is 4.90 Å². The second-order valence-electron chi connectivity index (χ2n) is 8.73. The molecule has 5 N–H and O–H groups in total. The molecular weight excluding hydrogens is 424 g/mol. The number of carbonyl (C=O) groups is 2. The standard InChI is InChI=1S/C21H32N10O2/c1-29(2)21(33)27-14-4-3-9-30(12-14)17-11-24-18(19(22)32)20(28-17)26-15-10-25-31(13-15)16-5-7-23-8-6-16/h10-11,13-14,16,23H,3-9,12H2,1-2H3,(H2,22,32)(H,26,28)(H,27,33). The number of aromatic nitrogens is 4. The number of piperidine rings is 2. The Morgan fingerprint density at radius 2 is 2.00 bits per heavy atom. The number of hydrogen-bond acceptors (Lipinski definition) is 8. The van der Waals surface area contributed by atoms with Gasteiger partial charge < -0.3 is 31.5 Å². The fraction of sp³-hybridized carbons (Fsp3) is 0.571. The minimum atomic E-state index is -0.655. The molecule has 2 fully saturated rings. The first-order chi connectivity index (χ1) is 15.9. The van der Waals surface area contributed by atoms with Crippen molar-refractivity contribution in [3.63, 3.8) is 0 Å². The summed E-state index contributed by atoms with van der Waals surface area (Å²) in [6.45, 7) is 3.33. The highest BCUT2D eigenvalue weighted by molar-refractivity contribution is 5.96. The topological polar surface area (TPSA) is 146 Å². The SMILES string of the molecule is CN(C)C(=O)NC1CCCN(c2cnc(C(N)=O)c(Nc3cnn(C4CCNCC4)c3)n2)C1. The molecular formula is C21H32N10O2. The van der Waals surface area contributed by atoms with Crippen molar-refractivity contribution in [1.82, 2.24) is 35.3 Å². The van der Waals surface area contributed by atoms with E-state index >= 15 is 0 Å². The van der Waals surface area contributed by atoms with Crippen molar-refractivity contribution in [2.45, 2.75) is 37.8 Å². The maximum Gasteiger partial charge on any atom is 0.317 e. The lowest BCUT2D eigenvalue weighted by Crippen LogP contribution is -2.50. The van der Waals surface area contributed by atoms with Crippen LogP contribution in [-0.4, -0.2) is 82.9 Å². The number of urea groups is 1. The highest BCUT2D eigenvalue weighted by atomic mass is 16.2. The molecule has 0 spiro atoms. The zero-order valence-corrected chi connectivity index (χ0v) is 19.1. The van der Waals surface area contributed by atoms with E-state index in [9.17, 15) is 9.59 Å². The third-order valence-electron chi connectivity index (χ3n) is 6.02. The number of hydrogen-bond donors (Lipinski definition) is 4. The van der Waals surface area contributed by atoms with Crippen LogP contribution in [0.2, 0.25) is 0 Å². The van der Waals surface area contributed by atoms with Crippen molar-refractivity contribution in [2.75, 3.05) is 50.5 Å². The Labute approximate surface area is 192 Å². The summed E-state index contributed by atoms with van der Waals surface area (Å²) in [7, 11) is 3.43. The summed E-state index contributed by atoms with van der Waals surface area (Å²) < 4.78 is 1.95. The number of rotatable bonds is 6. The van der Waals surface area contributed by atoms with E-state index in [-0.39, 0.29) is 17.8 Å². The van der Waals surface area contributed by atoms with Gasteiger partial charge in [-0.25, -0.2) is 14.8 Å². The van der Waals surface area contributed by atoms with Crippen LogP contribution in [0.3, 0.4) is 0 Å². The van der Waals surface area contributed by atoms with Crippen molar-refractivity contribution >= 4 is 29.3 Å². The van der Waals surface area contributed by atoms with E-state index in [4.69, 9.17) is 5.73 Å². The van der Waals surface area contributed by atoms with E-state index in [1.54, 1.807) is 26.5 Å². The summed E-state index contributed by atoms with van der Waals surface area (Å²) in [5.41, 5.74) is 6.34. The molecule has 0 aliphatic carbocycles. The van der Waals surface area contributed by atoms with Crippen LogP contribution in [0.25, 0.3) is 0 Å². The van der Waals surface area contributed by atoms with Crippen LogP contribution in [0, 0.1) is 0 Å². The smallest absolute Gasteiger partial charge is 0.317 e. The first kappa shape index (κ1) is 22.8. The van der Waals surface area contributed by atoms with E-state index in [0.29, 0.717) is 24.2 Å². The van der Waals surface area contributed by atoms with Gasteiger partial charge in [-0.3, -0.25) is 9.48 Å². The summed E-state index contributed by atoms with van der Waals surface area (Å²) >= 11 is 0. The van der Waals surface area contributed by atoms with Gasteiger partial charge in [0.05, 0.1) is 24.1 Å². The molecule has 4 rings (SSSR count). The first-order valence-corrected chi connectivity index (χ1v) is 11.3. The average molecular weight is 457 g/mol. The Kier molecular flexibility index (Phi) is 6.92. The van der Waals surface area contributed by atoms with Crippen LogP contribution in [0.5, 0.6) is 0 Å². The Bertz CT molecular complexity index is 985. The second-order valence-corrected chi connectivity index (χ2v) is 8.73. The zero-order valence-electron chi connectivity index (χ0n) is 19.1. The molecule has 2 saturated heterocycles. The van der Waals surface area contributed by atoms with Gasteiger partial charge in [0, 0.05) is 39.4 Å². The van der Waals surface area contributed by atoms with E-state index < -0.39 is 5.91 Å². The van der Waals surface area contributed by atoms with Crippen LogP contribution in [0.15, 0.2) is 18.6 Å². The molecule has 0 aromatic carbocycles. The predicted molar refractivity (Wildman–Crippen MR) is 125 cm³/mol. The lowest BCUT2D eigenvalue weighted by Gasteiger charge is -2.34. The highest BCUT2D eigenvalue weighted by Crippen LogP contribution is 2.25. The molecule has 12 nitrogen and oxygen atoms in total. The van der Waals surface area contributed by atoms with Gasteiger partial charge in [0.2, 0.25) is 0 Å². The monoisotopic (exact) mass is 456 g/mol. The van der Waals surface area contributed by atoms with Crippen LogP contribution in [0.4, 0.5) is 22.1 Å². The minimum Gasteiger partial charge on any atom is -0.364 e. The molecule has 3 amide bonds. The summed E-state index contributed by atoms with van der Waals surface area (Å²) in [6, 6.07) is 0.230. The van der Waals surface area contributed by atoms with Crippen LogP contribution in [0.1, 0.15) is 42.2 Å². The van der Waals surface area contributed by atoms with Gasteiger partial charge in [0.15, 0.2) is 11.5 Å². The maximum absolute atomic E-state index is 12.0. The molecule has 2 aromatic rings. The zero-order chi connectivity index (χ0) is 23.4. The van der Waals surface area contributed by atoms with Crippen molar-refractivity contribution in [2.24, 2.45) is 5.73 Å². The Balaban J connectivity index is 1.50. The Hall–Kier alpha value is -3.41. The van der Waals surface area contributed by atoms with Crippen molar-refractivity contribution in [3.05, 3.63) is 24.3 Å². The van der Waals surface area contributed by atoms with E-state index in [1.807, 2.05) is 10.9 Å². The van der Waals surface area contributed by atoms with Gasteiger partial charge in [0.1, 0.15) is 5.82 Å². The van der Waals surface area contributed by atoms with Crippen LogP contribution in [-0.2, 0) is 0 Å². The highest BCUT2D eigenvalue weighted by Gasteiger charge is 2.25. The maximum atomic E-state index is 12.0. The largest absolute Gasteiger partial charge is 0.364 e. The molecule has 178 valence electrons. The second kappa shape index (κ2) is 10.0. The van der Waals surface area contributed by atoms with Gasteiger partial charge in [-0.15, -0.1) is 0 Å². The predicted octanol–water partition coefficient (Wildman–Crippen LogP) is 0.680. The molecule has 0 radical (unpaired) electrons. The lowest BCUT2D eigenvalue weighted by atomic mass is 10.1. The van der Waals surface area contributed by atoms with Crippen molar-refractivity contribution in [1.29, 1.82) is 0 Å². The fourth-order valence-electron chi connectivity index (χ4n) is 4.22. The minimum absolute atomic E-state index is 0.00545. The molecule has 2 aliphatic heterocycles. The van der Waals surface area contributed by atoms with Crippen LogP contribution >= 0.6 is 0 Å². The number of nitrogens with one attached hydrogen (secondary N) is 3. The lowest BCUT2D eigenvalue weighted by molar-refractivity contribution is 0.0996. The van der Waals surface area contributed by atoms with Gasteiger partial charge in [-0.2, -0.15) is 5.10 Å². The molecule has 1 atom stereocenters. The van der Waals surface area contributed by atoms with Gasteiger partial charge >= 0.3 is 6.03 Å². The summed E-state index contributed by atoms with van der Waals surface area (Å²) in [6.07, 6.45) is 9.03. The number of nitrogens with zero attached hydrogens (tertiary/aromatic N) is 6. The summed E-state index contributed by atoms with van der Waals surface area (Å²) in [5.74, 6) is 0.262.